The van der Waals surface area contributed by atoms with Crippen LogP contribution in [0.15, 0.2) is 60.7 Å². The molecular weight excluding hydrogens is 276 g/mol. The summed E-state index contributed by atoms with van der Waals surface area (Å²) in [5.74, 6) is 0.0267. The molecular formula is C19H18O3. The summed E-state index contributed by atoms with van der Waals surface area (Å²) >= 11 is 0. The van der Waals surface area contributed by atoms with E-state index >= 15 is 0 Å². The van der Waals surface area contributed by atoms with Crippen molar-refractivity contribution in [2.75, 3.05) is 14.2 Å². The number of benzene rings is 2. The summed E-state index contributed by atoms with van der Waals surface area (Å²) in [6, 6.07) is 17.7. The van der Waals surface area contributed by atoms with Crippen LogP contribution in [0.1, 0.15) is 16.7 Å². The van der Waals surface area contributed by atoms with Gasteiger partial charge in [0.1, 0.15) is 5.76 Å². The zero-order valence-electron chi connectivity index (χ0n) is 12.7. The first-order valence-electron chi connectivity index (χ1n) is 6.90. The number of hydrogen-bond acceptors (Lipinski definition) is 3. The quantitative estimate of drug-likeness (QED) is 0.362. The monoisotopic (exact) mass is 294 g/mol. The molecule has 0 bridgehead atoms. The Kier molecular flexibility index (Phi) is 5.55. The van der Waals surface area contributed by atoms with Crippen LogP contribution in [0.5, 0.6) is 0 Å². The van der Waals surface area contributed by atoms with E-state index in [-0.39, 0.29) is 0 Å². The maximum Gasteiger partial charge on any atom is 0.334 e. The van der Waals surface area contributed by atoms with Gasteiger partial charge in [-0.15, -0.1) is 0 Å². The Morgan fingerprint density at radius 2 is 1.55 bits per heavy atom. The Labute approximate surface area is 130 Å². The normalized spacial score (nSPS) is 11.5. The van der Waals surface area contributed by atoms with Crippen LogP contribution in [0, 0.1) is 0 Å². The molecule has 0 saturated heterocycles. The van der Waals surface area contributed by atoms with Gasteiger partial charge in [-0.25, -0.2) is 4.79 Å². The lowest BCUT2D eigenvalue weighted by Gasteiger charge is -2.09. The molecule has 0 unspecified atom stereocenters. The van der Waals surface area contributed by atoms with Gasteiger partial charge in [-0.2, -0.15) is 0 Å². The second kappa shape index (κ2) is 7.84. The highest BCUT2D eigenvalue weighted by molar-refractivity contribution is 5.91. The smallest absolute Gasteiger partial charge is 0.334 e. The summed E-state index contributed by atoms with van der Waals surface area (Å²) in [5, 5.41) is 0. The molecule has 3 heteroatoms. The molecule has 22 heavy (non-hydrogen) atoms. The van der Waals surface area contributed by atoms with Gasteiger partial charge in [0.15, 0.2) is 0 Å². The van der Waals surface area contributed by atoms with E-state index in [9.17, 15) is 4.79 Å². The van der Waals surface area contributed by atoms with Gasteiger partial charge in [0.25, 0.3) is 0 Å². The summed E-state index contributed by atoms with van der Waals surface area (Å²) in [4.78, 5) is 11.4. The minimum atomic E-state index is -0.446. The molecule has 0 radical (unpaired) electrons. The Morgan fingerprint density at radius 1 is 0.864 bits per heavy atom. The van der Waals surface area contributed by atoms with E-state index in [0.717, 1.165) is 16.7 Å². The van der Waals surface area contributed by atoms with Crippen molar-refractivity contribution >= 4 is 23.9 Å². The molecule has 0 aromatic heterocycles. The molecule has 2 rings (SSSR count). The molecule has 0 aliphatic rings. The van der Waals surface area contributed by atoms with E-state index in [1.54, 1.807) is 0 Å². The van der Waals surface area contributed by atoms with Gasteiger partial charge in [-0.3, -0.25) is 0 Å². The third-order valence-electron chi connectivity index (χ3n) is 3.15. The number of hydrogen-bond donors (Lipinski definition) is 0. The zero-order chi connectivity index (χ0) is 15.8. The van der Waals surface area contributed by atoms with Crippen LogP contribution in [-0.4, -0.2) is 20.2 Å². The van der Waals surface area contributed by atoms with Crippen LogP contribution in [-0.2, 0) is 14.3 Å². The number of carbonyl (C=O) groups is 1. The maximum absolute atomic E-state index is 11.4. The van der Waals surface area contributed by atoms with Gasteiger partial charge in [0.2, 0.25) is 0 Å². The fourth-order valence-corrected chi connectivity index (χ4v) is 2.03. The lowest BCUT2D eigenvalue weighted by molar-refractivity contribution is -0.134. The lowest BCUT2D eigenvalue weighted by atomic mass is 10.0. The average molecular weight is 294 g/mol. The number of rotatable bonds is 5. The van der Waals surface area contributed by atoms with Crippen LogP contribution in [0.2, 0.25) is 0 Å². The molecule has 0 fully saturated rings. The van der Waals surface area contributed by atoms with Crippen molar-refractivity contribution in [3.63, 3.8) is 0 Å². The fraction of sp³-hybridized carbons (Fsp3) is 0.105. The van der Waals surface area contributed by atoms with E-state index in [0.29, 0.717) is 5.76 Å². The molecule has 0 spiro atoms. The first-order chi connectivity index (χ1) is 10.7. The van der Waals surface area contributed by atoms with Gasteiger partial charge >= 0.3 is 5.97 Å². The SMILES string of the molecule is COC(=O)C=C(OC)c1ccccc1C=Cc1ccccc1. The largest absolute Gasteiger partial charge is 0.496 e. The average Bonchev–Trinajstić information content (AvgIpc) is 2.59. The van der Waals surface area contributed by atoms with E-state index in [1.165, 1.54) is 20.3 Å². The maximum atomic E-state index is 11.4. The molecule has 2 aromatic rings. The minimum absolute atomic E-state index is 0.446. The van der Waals surface area contributed by atoms with Crippen molar-refractivity contribution in [2.24, 2.45) is 0 Å². The van der Waals surface area contributed by atoms with Crippen LogP contribution >= 0.6 is 0 Å². The Morgan fingerprint density at radius 3 is 2.23 bits per heavy atom. The van der Waals surface area contributed by atoms with Crippen molar-refractivity contribution in [1.29, 1.82) is 0 Å². The lowest BCUT2D eigenvalue weighted by Crippen LogP contribution is -1.99. The van der Waals surface area contributed by atoms with Crippen molar-refractivity contribution in [3.05, 3.63) is 77.4 Å². The molecule has 0 aliphatic carbocycles. The number of ether oxygens (including phenoxy) is 2. The van der Waals surface area contributed by atoms with Crippen LogP contribution < -0.4 is 0 Å². The summed E-state index contributed by atoms with van der Waals surface area (Å²) < 4.78 is 9.99. The predicted molar refractivity (Wildman–Crippen MR) is 88.8 cm³/mol. The Hall–Kier alpha value is -2.81. The zero-order valence-corrected chi connectivity index (χ0v) is 12.7. The highest BCUT2D eigenvalue weighted by Crippen LogP contribution is 2.22. The number of esters is 1. The first-order valence-corrected chi connectivity index (χ1v) is 6.90. The van der Waals surface area contributed by atoms with Crippen molar-refractivity contribution in [3.8, 4) is 0 Å². The summed E-state index contributed by atoms with van der Waals surface area (Å²) in [6.45, 7) is 0. The van der Waals surface area contributed by atoms with Gasteiger partial charge in [-0.05, 0) is 11.1 Å². The van der Waals surface area contributed by atoms with Crippen LogP contribution in [0.3, 0.4) is 0 Å². The van der Waals surface area contributed by atoms with Crippen LogP contribution in [0.25, 0.3) is 17.9 Å². The Bertz CT molecular complexity index is 685. The summed E-state index contributed by atoms with van der Waals surface area (Å²) in [7, 11) is 2.87. The fourth-order valence-electron chi connectivity index (χ4n) is 2.03. The number of carbonyl (C=O) groups excluding carboxylic acids is 1. The van der Waals surface area contributed by atoms with Gasteiger partial charge in [-0.1, -0.05) is 66.7 Å². The van der Waals surface area contributed by atoms with Crippen molar-refractivity contribution in [1.82, 2.24) is 0 Å². The van der Waals surface area contributed by atoms with E-state index < -0.39 is 5.97 Å². The van der Waals surface area contributed by atoms with Gasteiger partial charge < -0.3 is 9.47 Å². The standard InChI is InChI=1S/C19H18O3/c1-21-18(14-19(20)22-2)17-11-7-6-10-16(17)13-12-15-8-4-3-5-9-15/h3-14H,1-2H3. The van der Waals surface area contributed by atoms with E-state index in [2.05, 4.69) is 4.74 Å². The van der Waals surface area contributed by atoms with E-state index in [1.807, 2.05) is 66.7 Å². The third kappa shape index (κ3) is 4.09. The van der Waals surface area contributed by atoms with Gasteiger partial charge in [0, 0.05) is 5.56 Å². The first kappa shape index (κ1) is 15.6. The Balaban J connectivity index is 2.36. The number of methoxy groups -OCH3 is 2. The van der Waals surface area contributed by atoms with Crippen molar-refractivity contribution < 1.29 is 14.3 Å². The highest BCUT2D eigenvalue weighted by atomic mass is 16.5. The molecule has 2 aromatic carbocycles. The van der Waals surface area contributed by atoms with Gasteiger partial charge in [0.05, 0.1) is 20.3 Å². The molecule has 0 amide bonds. The minimum Gasteiger partial charge on any atom is -0.496 e. The topological polar surface area (TPSA) is 35.5 Å². The van der Waals surface area contributed by atoms with Crippen molar-refractivity contribution in [2.45, 2.75) is 0 Å². The molecule has 0 heterocycles. The summed E-state index contributed by atoms with van der Waals surface area (Å²) in [6.07, 6.45) is 5.36. The molecule has 0 saturated carbocycles. The molecule has 0 aliphatic heterocycles. The molecule has 112 valence electrons. The molecule has 0 N–H and O–H groups in total. The van der Waals surface area contributed by atoms with E-state index in [4.69, 9.17) is 4.74 Å². The summed E-state index contributed by atoms with van der Waals surface area (Å²) in [5.41, 5.74) is 2.90. The highest BCUT2D eigenvalue weighted by Gasteiger charge is 2.08. The second-order valence-electron chi connectivity index (χ2n) is 4.57. The molecule has 0 atom stereocenters. The molecule has 3 nitrogen and oxygen atoms in total. The van der Waals surface area contributed by atoms with Crippen LogP contribution in [0.4, 0.5) is 0 Å². The second-order valence-corrected chi connectivity index (χ2v) is 4.57. The third-order valence-corrected chi connectivity index (χ3v) is 3.15. The predicted octanol–water partition coefficient (Wildman–Crippen LogP) is 4.02.